The van der Waals surface area contributed by atoms with Gasteiger partial charge in [-0.3, -0.25) is 9.69 Å². The number of nitrogens with zero attached hydrogens (tertiary/aromatic N) is 2. The minimum absolute atomic E-state index is 0.106. The molecule has 5 heteroatoms. The van der Waals surface area contributed by atoms with Crippen LogP contribution in [0.3, 0.4) is 0 Å². The first-order valence-corrected chi connectivity index (χ1v) is 9.68. The maximum absolute atomic E-state index is 13.0. The molecular weight excluding hydrogens is 344 g/mol. The van der Waals surface area contributed by atoms with E-state index in [0.29, 0.717) is 17.5 Å². The Morgan fingerprint density at radius 3 is 2.38 bits per heavy atom. The number of thioether (sulfide) groups is 1. The van der Waals surface area contributed by atoms with E-state index in [2.05, 4.69) is 11.9 Å². The number of benzene rings is 2. The number of rotatable bonds is 5. The van der Waals surface area contributed by atoms with Gasteiger partial charge in [0.05, 0.1) is 12.3 Å². The first-order chi connectivity index (χ1) is 12.6. The van der Waals surface area contributed by atoms with Crippen LogP contribution in [0.4, 0.5) is 5.69 Å². The summed E-state index contributed by atoms with van der Waals surface area (Å²) in [5.74, 6) is 1.53. The number of amides is 1. The number of aryl methyl sites for hydroxylation is 1. The minimum Gasteiger partial charge on any atom is -0.494 e. The summed E-state index contributed by atoms with van der Waals surface area (Å²) in [6.07, 6.45) is 1.84. The number of anilines is 1. The highest BCUT2D eigenvalue weighted by molar-refractivity contribution is 8.14. The zero-order valence-corrected chi connectivity index (χ0v) is 16.0. The van der Waals surface area contributed by atoms with Crippen molar-refractivity contribution in [2.75, 3.05) is 17.3 Å². The van der Waals surface area contributed by atoms with Crippen LogP contribution in [-0.2, 0) is 4.79 Å². The Kier molecular flexibility index (Phi) is 5.78. The molecule has 4 nitrogen and oxygen atoms in total. The third kappa shape index (κ3) is 3.99. The molecule has 1 amide bonds. The molecule has 0 N–H and O–H groups in total. The second-order valence-electron chi connectivity index (χ2n) is 5.84. The largest absolute Gasteiger partial charge is 0.494 e. The van der Waals surface area contributed by atoms with E-state index >= 15 is 0 Å². The van der Waals surface area contributed by atoms with E-state index in [1.807, 2.05) is 68.5 Å². The summed E-state index contributed by atoms with van der Waals surface area (Å²) >= 11 is 1.56. The topological polar surface area (TPSA) is 41.9 Å². The molecule has 1 heterocycles. The molecule has 0 spiro atoms. The zero-order chi connectivity index (χ0) is 18.5. The van der Waals surface area contributed by atoms with Crippen molar-refractivity contribution in [2.45, 2.75) is 20.8 Å². The van der Waals surface area contributed by atoms with Crippen molar-refractivity contribution < 1.29 is 9.53 Å². The summed E-state index contributed by atoms with van der Waals surface area (Å²) in [4.78, 5) is 19.2. The van der Waals surface area contributed by atoms with Gasteiger partial charge in [-0.25, -0.2) is 4.99 Å². The van der Waals surface area contributed by atoms with Crippen LogP contribution >= 0.6 is 11.8 Å². The van der Waals surface area contributed by atoms with Gasteiger partial charge < -0.3 is 4.74 Å². The van der Waals surface area contributed by atoms with Crippen molar-refractivity contribution >= 4 is 34.6 Å². The van der Waals surface area contributed by atoms with Crippen LogP contribution in [0.25, 0.3) is 6.08 Å². The average molecular weight is 366 g/mol. The second kappa shape index (κ2) is 8.23. The van der Waals surface area contributed by atoms with Gasteiger partial charge in [0.2, 0.25) is 0 Å². The Morgan fingerprint density at radius 2 is 1.77 bits per heavy atom. The Labute approximate surface area is 158 Å². The van der Waals surface area contributed by atoms with Gasteiger partial charge in [-0.15, -0.1) is 0 Å². The van der Waals surface area contributed by atoms with Crippen molar-refractivity contribution in [1.82, 2.24) is 0 Å². The molecule has 3 rings (SSSR count). The van der Waals surface area contributed by atoms with Gasteiger partial charge in [0, 0.05) is 0 Å². The van der Waals surface area contributed by atoms with Gasteiger partial charge in [0.25, 0.3) is 5.91 Å². The molecule has 0 aliphatic carbocycles. The van der Waals surface area contributed by atoms with Crippen LogP contribution in [-0.4, -0.2) is 23.4 Å². The second-order valence-corrected chi connectivity index (χ2v) is 7.07. The lowest BCUT2D eigenvalue weighted by molar-refractivity contribution is -0.113. The maximum Gasteiger partial charge on any atom is 0.283 e. The highest BCUT2D eigenvalue weighted by Crippen LogP contribution is 2.30. The first kappa shape index (κ1) is 18.3. The molecule has 0 atom stereocenters. The fraction of sp³-hybridized carbons (Fsp3) is 0.238. The lowest BCUT2D eigenvalue weighted by atomic mass is 10.1. The van der Waals surface area contributed by atoms with Gasteiger partial charge in [-0.1, -0.05) is 48.5 Å². The van der Waals surface area contributed by atoms with Crippen LogP contribution in [0.1, 0.15) is 25.0 Å². The van der Waals surface area contributed by atoms with E-state index in [9.17, 15) is 4.79 Å². The van der Waals surface area contributed by atoms with Crippen LogP contribution in [0.2, 0.25) is 0 Å². The molecule has 134 valence electrons. The number of aliphatic imine (C=N–C) groups is 1. The van der Waals surface area contributed by atoms with Gasteiger partial charge in [-0.2, -0.15) is 0 Å². The zero-order valence-electron chi connectivity index (χ0n) is 15.2. The molecule has 0 saturated heterocycles. The molecule has 0 fully saturated rings. The van der Waals surface area contributed by atoms with Crippen LogP contribution in [0, 0.1) is 6.92 Å². The van der Waals surface area contributed by atoms with E-state index in [1.54, 1.807) is 16.7 Å². The predicted octanol–water partition coefficient (Wildman–Crippen LogP) is 4.89. The molecule has 0 radical (unpaired) electrons. The van der Waals surface area contributed by atoms with Crippen molar-refractivity contribution in [3.63, 3.8) is 0 Å². The first-order valence-electron chi connectivity index (χ1n) is 8.69. The summed E-state index contributed by atoms with van der Waals surface area (Å²) in [6, 6.07) is 15.6. The van der Waals surface area contributed by atoms with E-state index in [4.69, 9.17) is 4.74 Å². The smallest absolute Gasteiger partial charge is 0.283 e. The van der Waals surface area contributed by atoms with E-state index < -0.39 is 0 Å². The highest BCUT2D eigenvalue weighted by Gasteiger charge is 2.31. The van der Waals surface area contributed by atoms with E-state index in [-0.39, 0.29) is 5.91 Å². The SMILES string of the molecule is CCOc1ccc(N2C(=O)C(=Cc3ccc(C)cc3)N=C2SCC)cc1. The summed E-state index contributed by atoms with van der Waals surface area (Å²) in [6.45, 7) is 6.65. The van der Waals surface area contributed by atoms with Crippen LogP contribution < -0.4 is 9.64 Å². The van der Waals surface area contributed by atoms with Gasteiger partial charge in [0.1, 0.15) is 11.4 Å². The summed E-state index contributed by atoms with van der Waals surface area (Å²) in [7, 11) is 0. The number of carbonyl (C=O) groups is 1. The Hall–Kier alpha value is -2.53. The lowest BCUT2D eigenvalue weighted by Gasteiger charge is -2.17. The molecule has 0 bridgehead atoms. The van der Waals surface area contributed by atoms with Gasteiger partial charge in [-0.05, 0) is 55.5 Å². The summed E-state index contributed by atoms with van der Waals surface area (Å²) < 4.78 is 5.48. The molecular formula is C21H22N2O2S. The van der Waals surface area contributed by atoms with Crippen molar-refractivity contribution in [3.8, 4) is 5.75 Å². The van der Waals surface area contributed by atoms with Crippen LogP contribution in [0.15, 0.2) is 59.2 Å². The van der Waals surface area contributed by atoms with Crippen molar-refractivity contribution in [2.24, 2.45) is 4.99 Å². The molecule has 0 unspecified atom stereocenters. The quantitative estimate of drug-likeness (QED) is 0.708. The molecule has 2 aromatic carbocycles. The number of carbonyl (C=O) groups excluding carboxylic acids is 1. The molecule has 1 aliphatic rings. The van der Waals surface area contributed by atoms with E-state index in [1.165, 1.54) is 5.56 Å². The standard InChI is InChI=1S/C21H22N2O2S/c1-4-25-18-12-10-17(11-13-18)23-20(24)19(22-21(23)26-5-2)14-16-8-6-15(3)7-9-16/h6-14H,4-5H2,1-3H3. The number of ether oxygens (including phenoxy) is 1. The normalized spacial score (nSPS) is 15.5. The average Bonchev–Trinajstić information content (AvgIpc) is 2.94. The molecule has 0 saturated carbocycles. The van der Waals surface area contributed by atoms with Crippen molar-refractivity contribution in [1.29, 1.82) is 0 Å². The fourth-order valence-corrected chi connectivity index (χ4v) is 3.37. The monoisotopic (exact) mass is 366 g/mol. The molecule has 1 aliphatic heterocycles. The Balaban J connectivity index is 1.91. The maximum atomic E-state index is 13.0. The Bertz CT molecular complexity index is 839. The van der Waals surface area contributed by atoms with Crippen LogP contribution in [0.5, 0.6) is 5.75 Å². The summed E-state index contributed by atoms with van der Waals surface area (Å²) in [5.41, 5.74) is 3.41. The predicted molar refractivity (Wildman–Crippen MR) is 110 cm³/mol. The third-order valence-corrected chi connectivity index (χ3v) is 4.71. The summed E-state index contributed by atoms with van der Waals surface area (Å²) in [5, 5.41) is 0.708. The number of amidine groups is 1. The fourth-order valence-electron chi connectivity index (χ4n) is 2.63. The van der Waals surface area contributed by atoms with E-state index in [0.717, 1.165) is 22.8 Å². The number of hydrogen-bond acceptors (Lipinski definition) is 4. The third-order valence-electron chi connectivity index (χ3n) is 3.89. The van der Waals surface area contributed by atoms with Crippen molar-refractivity contribution in [3.05, 3.63) is 65.4 Å². The molecule has 26 heavy (non-hydrogen) atoms. The van der Waals surface area contributed by atoms with Gasteiger partial charge >= 0.3 is 0 Å². The van der Waals surface area contributed by atoms with Gasteiger partial charge in [0.15, 0.2) is 5.17 Å². The highest BCUT2D eigenvalue weighted by atomic mass is 32.2. The Morgan fingerprint density at radius 1 is 1.08 bits per heavy atom. The molecule has 0 aromatic heterocycles. The minimum atomic E-state index is -0.106. The lowest BCUT2D eigenvalue weighted by Crippen LogP contribution is -2.30. The number of hydrogen-bond donors (Lipinski definition) is 0. The molecule has 2 aromatic rings.